The lowest BCUT2D eigenvalue weighted by Gasteiger charge is -2.40. The molecular weight excluding hydrogens is 206 g/mol. The van der Waals surface area contributed by atoms with Crippen molar-refractivity contribution < 1.29 is 0 Å². The van der Waals surface area contributed by atoms with E-state index in [0.29, 0.717) is 0 Å². The third kappa shape index (κ3) is 3.24. The van der Waals surface area contributed by atoms with E-state index in [2.05, 4.69) is 19.2 Å². The average molecular weight is 237 g/mol. The molecule has 0 aromatic heterocycles. The van der Waals surface area contributed by atoms with Crippen molar-refractivity contribution in [3.05, 3.63) is 0 Å². The highest BCUT2D eigenvalue weighted by Gasteiger charge is 2.38. The molecule has 1 nitrogen and oxygen atoms in total. The molecule has 1 spiro atoms. The lowest BCUT2D eigenvalue weighted by Crippen LogP contribution is -2.39. The van der Waals surface area contributed by atoms with Crippen molar-refractivity contribution >= 4 is 0 Å². The number of hydrogen-bond donors (Lipinski definition) is 1. The first-order valence-electron chi connectivity index (χ1n) is 8.03. The maximum absolute atomic E-state index is 3.77. The van der Waals surface area contributed by atoms with Crippen LogP contribution in [0.3, 0.4) is 0 Å². The van der Waals surface area contributed by atoms with Crippen LogP contribution in [0.4, 0.5) is 0 Å². The summed E-state index contributed by atoms with van der Waals surface area (Å²) in [6.45, 7) is 5.83. The van der Waals surface area contributed by atoms with Crippen molar-refractivity contribution in [3.8, 4) is 0 Å². The van der Waals surface area contributed by atoms with E-state index in [1.54, 1.807) is 12.8 Å². The minimum absolute atomic E-state index is 0.800. The Morgan fingerprint density at radius 3 is 2.24 bits per heavy atom. The summed E-state index contributed by atoms with van der Waals surface area (Å²) in [6, 6.07) is 0.800. The molecule has 2 aliphatic rings. The SMILES string of the molecule is CCCNC(CC)C1CCC2(CCCC2)CC1. The van der Waals surface area contributed by atoms with Crippen LogP contribution in [0.15, 0.2) is 0 Å². The molecule has 1 atom stereocenters. The second kappa shape index (κ2) is 6.22. The van der Waals surface area contributed by atoms with E-state index in [1.807, 2.05) is 0 Å². The van der Waals surface area contributed by atoms with E-state index in [9.17, 15) is 0 Å². The van der Waals surface area contributed by atoms with Crippen molar-refractivity contribution in [1.29, 1.82) is 0 Å². The summed E-state index contributed by atoms with van der Waals surface area (Å²) in [5, 5.41) is 3.77. The number of rotatable bonds is 5. The minimum atomic E-state index is 0.800. The summed E-state index contributed by atoms with van der Waals surface area (Å²) < 4.78 is 0. The molecule has 1 heteroatoms. The second-order valence-corrected chi connectivity index (χ2v) is 6.51. The molecule has 2 fully saturated rings. The van der Waals surface area contributed by atoms with E-state index in [1.165, 1.54) is 57.9 Å². The van der Waals surface area contributed by atoms with Crippen LogP contribution in [-0.2, 0) is 0 Å². The summed E-state index contributed by atoms with van der Waals surface area (Å²) >= 11 is 0. The number of hydrogen-bond acceptors (Lipinski definition) is 1. The first-order chi connectivity index (χ1) is 8.29. The maximum Gasteiger partial charge on any atom is 0.00927 e. The van der Waals surface area contributed by atoms with Gasteiger partial charge in [-0.3, -0.25) is 0 Å². The molecule has 0 aliphatic heterocycles. The van der Waals surface area contributed by atoms with Crippen molar-refractivity contribution in [1.82, 2.24) is 5.32 Å². The lowest BCUT2D eigenvalue weighted by atomic mass is 9.67. The van der Waals surface area contributed by atoms with Crippen molar-refractivity contribution in [2.75, 3.05) is 6.54 Å². The zero-order chi connectivity index (χ0) is 12.1. The van der Waals surface area contributed by atoms with Gasteiger partial charge in [0.2, 0.25) is 0 Å². The fourth-order valence-corrected chi connectivity index (χ4v) is 4.25. The molecule has 17 heavy (non-hydrogen) atoms. The predicted molar refractivity (Wildman–Crippen MR) is 75.2 cm³/mol. The third-order valence-electron chi connectivity index (χ3n) is 5.42. The van der Waals surface area contributed by atoms with Crippen molar-refractivity contribution in [3.63, 3.8) is 0 Å². The molecule has 1 N–H and O–H groups in total. The number of nitrogens with one attached hydrogen (secondary N) is 1. The Morgan fingerprint density at radius 2 is 1.71 bits per heavy atom. The Kier molecular flexibility index (Phi) is 4.90. The van der Waals surface area contributed by atoms with Crippen LogP contribution in [0.2, 0.25) is 0 Å². The molecule has 0 radical (unpaired) electrons. The summed E-state index contributed by atoms with van der Waals surface area (Å²) in [5.74, 6) is 0.970. The van der Waals surface area contributed by atoms with E-state index < -0.39 is 0 Å². The monoisotopic (exact) mass is 237 g/mol. The van der Waals surface area contributed by atoms with Gasteiger partial charge in [0.25, 0.3) is 0 Å². The maximum atomic E-state index is 3.77. The molecule has 0 aromatic carbocycles. The Balaban J connectivity index is 1.80. The van der Waals surface area contributed by atoms with Crippen molar-refractivity contribution in [2.45, 2.75) is 84.1 Å². The van der Waals surface area contributed by atoms with Gasteiger partial charge in [-0.2, -0.15) is 0 Å². The Bertz CT molecular complexity index is 208. The molecule has 0 heterocycles. The van der Waals surface area contributed by atoms with Crippen LogP contribution in [0.25, 0.3) is 0 Å². The smallest absolute Gasteiger partial charge is 0.00927 e. The topological polar surface area (TPSA) is 12.0 Å². The zero-order valence-electron chi connectivity index (χ0n) is 11.9. The van der Waals surface area contributed by atoms with E-state index in [4.69, 9.17) is 0 Å². The molecule has 100 valence electrons. The first-order valence-corrected chi connectivity index (χ1v) is 8.03. The lowest BCUT2D eigenvalue weighted by molar-refractivity contribution is 0.131. The first kappa shape index (κ1) is 13.4. The molecule has 0 bridgehead atoms. The van der Waals surface area contributed by atoms with Gasteiger partial charge in [0.15, 0.2) is 0 Å². The molecular formula is C16H31N. The summed E-state index contributed by atoms with van der Waals surface area (Å²) in [6.07, 6.45) is 14.7. The van der Waals surface area contributed by atoms with Gasteiger partial charge in [-0.05, 0) is 69.2 Å². The third-order valence-corrected chi connectivity index (χ3v) is 5.42. The van der Waals surface area contributed by atoms with Gasteiger partial charge in [0.05, 0.1) is 0 Å². The molecule has 2 saturated carbocycles. The summed E-state index contributed by atoms with van der Waals surface area (Å²) in [5.41, 5.74) is 0.805. The fraction of sp³-hybridized carbons (Fsp3) is 1.00. The summed E-state index contributed by atoms with van der Waals surface area (Å²) in [4.78, 5) is 0. The van der Waals surface area contributed by atoms with Gasteiger partial charge in [-0.1, -0.05) is 26.7 Å². The molecule has 2 aliphatic carbocycles. The zero-order valence-corrected chi connectivity index (χ0v) is 11.9. The predicted octanol–water partition coefficient (Wildman–Crippen LogP) is 4.52. The van der Waals surface area contributed by atoms with Gasteiger partial charge in [-0.15, -0.1) is 0 Å². The molecule has 0 aromatic rings. The Labute approximate surface area is 108 Å². The van der Waals surface area contributed by atoms with Crippen LogP contribution in [-0.4, -0.2) is 12.6 Å². The van der Waals surface area contributed by atoms with Gasteiger partial charge >= 0.3 is 0 Å². The Morgan fingerprint density at radius 1 is 1.06 bits per heavy atom. The van der Waals surface area contributed by atoms with Crippen LogP contribution in [0.5, 0.6) is 0 Å². The van der Waals surface area contributed by atoms with E-state index >= 15 is 0 Å². The summed E-state index contributed by atoms with van der Waals surface area (Å²) in [7, 11) is 0. The van der Waals surface area contributed by atoms with Gasteiger partial charge in [0.1, 0.15) is 0 Å². The van der Waals surface area contributed by atoms with Crippen LogP contribution >= 0.6 is 0 Å². The average Bonchev–Trinajstić information content (AvgIpc) is 2.81. The van der Waals surface area contributed by atoms with Gasteiger partial charge in [-0.25, -0.2) is 0 Å². The second-order valence-electron chi connectivity index (χ2n) is 6.51. The fourth-order valence-electron chi connectivity index (χ4n) is 4.25. The van der Waals surface area contributed by atoms with E-state index in [-0.39, 0.29) is 0 Å². The van der Waals surface area contributed by atoms with Crippen LogP contribution in [0, 0.1) is 11.3 Å². The standard InChI is InChI=1S/C16H31N/c1-3-13-17-15(4-2)14-7-11-16(12-8-14)9-5-6-10-16/h14-15,17H,3-13H2,1-2H3. The van der Waals surface area contributed by atoms with E-state index in [0.717, 1.165) is 17.4 Å². The molecule has 1 unspecified atom stereocenters. The minimum Gasteiger partial charge on any atom is -0.314 e. The molecule has 0 amide bonds. The van der Waals surface area contributed by atoms with Crippen molar-refractivity contribution in [2.24, 2.45) is 11.3 Å². The highest BCUT2D eigenvalue weighted by atomic mass is 14.9. The highest BCUT2D eigenvalue weighted by molar-refractivity contribution is 4.91. The quantitative estimate of drug-likeness (QED) is 0.741. The largest absolute Gasteiger partial charge is 0.314 e. The van der Waals surface area contributed by atoms with Crippen LogP contribution < -0.4 is 5.32 Å². The van der Waals surface area contributed by atoms with Gasteiger partial charge < -0.3 is 5.32 Å². The normalized spacial score (nSPS) is 26.5. The molecule has 0 saturated heterocycles. The van der Waals surface area contributed by atoms with Gasteiger partial charge in [0, 0.05) is 6.04 Å². The molecule has 2 rings (SSSR count). The highest BCUT2D eigenvalue weighted by Crippen LogP contribution is 2.50. The van der Waals surface area contributed by atoms with Crippen LogP contribution in [0.1, 0.15) is 78.1 Å². The Hall–Kier alpha value is -0.0400.